The molecule has 20 heavy (non-hydrogen) atoms. The number of hydrogen-bond donors (Lipinski definition) is 2. The van der Waals surface area contributed by atoms with Crippen LogP contribution in [0, 0.1) is 6.92 Å². The Kier molecular flexibility index (Phi) is 4.40. The molecule has 0 unspecified atom stereocenters. The topological polar surface area (TPSA) is 98.2 Å². The van der Waals surface area contributed by atoms with Gasteiger partial charge < -0.3 is 10.3 Å². The maximum absolute atomic E-state index is 12.1. The normalized spacial score (nSPS) is 11.6. The molecule has 2 rings (SSSR count). The molecule has 3 N–H and O–H groups in total. The Morgan fingerprint density at radius 3 is 2.60 bits per heavy atom. The van der Waals surface area contributed by atoms with E-state index in [1.54, 1.807) is 25.1 Å². The molecule has 0 aliphatic heterocycles. The van der Waals surface area contributed by atoms with E-state index in [2.05, 4.69) is 41.7 Å². The van der Waals surface area contributed by atoms with Gasteiger partial charge in [-0.25, -0.2) is 8.42 Å². The zero-order valence-corrected chi connectivity index (χ0v) is 14.3. The smallest absolute Gasteiger partial charge is 0.238 e. The SMILES string of the molecule is Cc1cc(CS(=O)(=O)Nc2c(N)cc(Br)cc2Br)no1. The van der Waals surface area contributed by atoms with E-state index in [-0.39, 0.29) is 5.75 Å². The zero-order chi connectivity index (χ0) is 14.9. The first kappa shape index (κ1) is 15.3. The van der Waals surface area contributed by atoms with Crippen LogP contribution in [0.2, 0.25) is 0 Å². The number of nitrogen functional groups attached to an aromatic ring is 1. The highest BCUT2D eigenvalue weighted by Crippen LogP contribution is 2.33. The highest BCUT2D eigenvalue weighted by atomic mass is 79.9. The van der Waals surface area contributed by atoms with Crippen molar-refractivity contribution in [3.8, 4) is 0 Å². The molecule has 0 aliphatic carbocycles. The molecule has 1 heterocycles. The Morgan fingerprint density at radius 2 is 2.05 bits per heavy atom. The van der Waals surface area contributed by atoms with Gasteiger partial charge in [-0.2, -0.15) is 0 Å². The Balaban J connectivity index is 2.25. The monoisotopic (exact) mass is 423 g/mol. The summed E-state index contributed by atoms with van der Waals surface area (Å²) in [4.78, 5) is 0. The number of hydrogen-bond acceptors (Lipinski definition) is 5. The van der Waals surface area contributed by atoms with Crippen molar-refractivity contribution in [3.63, 3.8) is 0 Å². The minimum absolute atomic E-state index is 0.285. The van der Waals surface area contributed by atoms with Crippen LogP contribution in [0.4, 0.5) is 11.4 Å². The Morgan fingerprint density at radius 1 is 1.35 bits per heavy atom. The molecule has 0 fully saturated rings. The van der Waals surface area contributed by atoms with Crippen LogP contribution in [-0.2, 0) is 15.8 Å². The van der Waals surface area contributed by atoms with Crippen molar-refractivity contribution in [1.29, 1.82) is 0 Å². The minimum atomic E-state index is -3.63. The molecule has 0 radical (unpaired) electrons. The Bertz CT molecular complexity index is 720. The second-order valence-corrected chi connectivity index (χ2v) is 7.63. The van der Waals surface area contributed by atoms with Gasteiger partial charge >= 0.3 is 0 Å². The average molecular weight is 425 g/mol. The van der Waals surface area contributed by atoms with E-state index in [0.29, 0.717) is 27.3 Å². The summed E-state index contributed by atoms with van der Waals surface area (Å²) in [6, 6.07) is 4.89. The molecule has 0 bridgehead atoms. The van der Waals surface area contributed by atoms with E-state index in [0.717, 1.165) is 4.47 Å². The van der Waals surface area contributed by atoms with Gasteiger partial charge in [-0.15, -0.1) is 0 Å². The van der Waals surface area contributed by atoms with Crippen LogP contribution < -0.4 is 10.5 Å². The maximum atomic E-state index is 12.1. The number of halogens is 2. The van der Waals surface area contributed by atoms with E-state index >= 15 is 0 Å². The molecule has 6 nitrogen and oxygen atoms in total. The first-order chi connectivity index (χ1) is 9.27. The standard InChI is InChI=1S/C11H11Br2N3O3S/c1-6-2-8(15-19-6)5-20(17,18)16-11-9(13)3-7(12)4-10(11)14/h2-4,16H,5,14H2,1H3. The number of nitrogens with two attached hydrogens (primary N) is 1. The molecule has 0 aliphatic rings. The van der Waals surface area contributed by atoms with Gasteiger partial charge in [-0.05, 0) is 35.0 Å². The van der Waals surface area contributed by atoms with Crippen molar-refractivity contribution in [1.82, 2.24) is 5.16 Å². The maximum Gasteiger partial charge on any atom is 0.238 e. The third-order valence-corrected chi connectivity index (χ3v) is 4.63. The number of benzene rings is 1. The molecule has 0 saturated heterocycles. The summed E-state index contributed by atoms with van der Waals surface area (Å²) in [5.41, 5.74) is 6.75. The highest BCUT2D eigenvalue weighted by Gasteiger charge is 2.18. The number of nitrogens with zero attached hydrogens (tertiary/aromatic N) is 1. The Hall–Kier alpha value is -1.06. The van der Waals surface area contributed by atoms with E-state index in [9.17, 15) is 8.42 Å². The van der Waals surface area contributed by atoms with Crippen LogP contribution in [0.5, 0.6) is 0 Å². The summed E-state index contributed by atoms with van der Waals surface area (Å²) < 4.78 is 32.7. The minimum Gasteiger partial charge on any atom is -0.397 e. The lowest BCUT2D eigenvalue weighted by atomic mass is 10.3. The largest absolute Gasteiger partial charge is 0.397 e. The van der Waals surface area contributed by atoms with Crippen molar-refractivity contribution in [2.75, 3.05) is 10.5 Å². The van der Waals surface area contributed by atoms with Crippen molar-refractivity contribution >= 4 is 53.3 Å². The zero-order valence-electron chi connectivity index (χ0n) is 10.4. The second-order valence-electron chi connectivity index (χ2n) is 4.14. The number of aromatic nitrogens is 1. The molecule has 9 heteroatoms. The summed E-state index contributed by atoms with van der Waals surface area (Å²) >= 11 is 6.54. The van der Waals surface area contributed by atoms with Gasteiger partial charge in [-0.3, -0.25) is 4.72 Å². The van der Waals surface area contributed by atoms with Crippen LogP contribution in [0.15, 0.2) is 31.7 Å². The first-order valence-electron chi connectivity index (χ1n) is 5.44. The van der Waals surface area contributed by atoms with Gasteiger partial charge in [0.15, 0.2) is 0 Å². The molecule has 1 aromatic carbocycles. The summed E-state index contributed by atoms with van der Waals surface area (Å²) in [6.45, 7) is 1.69. The quantitative estimate of drug-likeness (QED) is 0.735. The fraction of sp³-hybridized carbons (Fsp3) is 0.182. The highest BCUT2D eigenvalue weighted by molar-refractivity contribution is 9.11. The van der Waals surface area contributed by atoms with Crippen LogP contribution >= 0.6 is 31.9 Å². The van der Waals surface area contributed by atoms with E-state index < -0.39 is 10.0 Å². The molecular formula is C11H11Br2N3O3S. The van der Waals surface area contributed by atoms with Gasteiger partial charge in [-0.1, -0.05) is 21.1 Å². The summed E-state index contributed by atoms with van der Waals surface area (Å²) in [7, 11) is -3.63. The summed E-state index contributed by atoms with van der Waals surface area (Å²) in [5, 5.41) is 3.66. The lowest BCUT2D eigenvalue weighted by molar-refractivity contribution is 0.392. The Labute approximate surface area is 133 Å². The number of nitrogens with one attached hydrogen (secondary N) is 1. The predicted octanol–water partition coefficient (Wildman–Crippen LogP) is 3.03. The third kappa shape index (κ3) is 3.74. The van der Waals surface area contributed by atoms with E-state index in [1.165, 1.54) is 0 Å². The van der Waals surface area contributed by atoms with Gasteiger partial charge in [0.2, 0.25) is 10.0 Å². The van der Waals surface area contributed by atoms with E-state index in [4.69, 9.17) is 10.3 Å². The van der Waals surface area contributed by atoms with Crippen molar-refractivity contribution in [2.24, 2.45) is 0 Å². The van der Waals surface area contributed by atoms with Crippen LogP contribution in [0.25, 0.3) is 0 Å². The van der Waals surface area contributed by atoms with Crippen molar-refractivity contribution in [3.05, 3.63) is 38.6 Å². The first-order valence-corrected chi connectivity index (χ1v) is 8.68. The molecule has 0 saturated carbocycles. The third-order valence-electron chi connectivity index (χ3n) is 2.36. The lowest BCUT2D eigenvalue weighted by Gasteiger charge is -2.11. The van der Waals surface area contributed by atoms with Gasteiger partial charge in [0, 0.05) is 15.0 Å². The van der Waals surface area contributed by atoms with Crippen LogP contribution in [-0.4, -0.2) is 13.6 Å². The molecule has 0 atom stereocenters. The number of aryl methyl sites for hydroxylation is 1. The number of rotatable bonds is 4. The van der Waals surface area contributed by atoms with Gasteiger partial charge in [0.25, 0.3) is 0 Å². The van der Waals surface area contributed by atoms with Crippen LogP contribution in [0.1, 0.15) is 11.5 Å². The van der Waals surface area contributed by atoms with E-state index in [1.807, 2.05) is 0 Å². The predicted molar refractivity (Wildman–Crippen MR) is 83.7 cm³/mol. The number of anilines is 2. The van der Waals surface area contributed by atoms with Crippen molar-refractivity contribution in [2.45, 2.75) is 12.7 Å². The lowest BCUT2D eigenvalue weighted by Crippen LogP contribution is -2.16. The van der Waals surface area contributed by atoms with Crippen LogP contribution in [0.3, 0.4) is 0 Å². The second kappa shape index (κ2) is 5.74. The molecule has 1 aromatic heterocycles. The number of sulfonamides is 1. The fourth-order valence-electron chi connectivity index (χ4n) is 1.57. The summed E-state index contributed by atoms with van der Waals surface area (Å²) in [5.74, 6) is 0.270. The van der Waals surface area contributed by atoms with Crippen molar-refractivity contribution < 1.29 is 12.9 Å². The van der Waals surface area contributed by atoms with Gasteiger partial charge in [0.1, 0.15) is 17.2 Å². The molecule has 0 spiro atoms. The molecule has 108 valence electrons. The van der Waals surface area contributed by atoms with Gasteiger partial charge in [0.05, 0.1) is 11.4 Å². The average Bonchev–Trinajstić information content (AvgIpc) is 2.68. The molecule has 2 aromatic rings. The molecule has 0 amide bonds. The molecular weight excluding hydrogens is 414 g/mol. The fourth-order valence-corrected chi connectivity index (χ4v) is 4.20. The summed E-state index contributed by atoms with van der Waals surface area (Å²) in [6.07, 6.45) is 0.